The number of anilines is 2. The summed E-state index contributed by atoms with van der Waals surface area (Å²) < 4.78 is 0. The summed E-state index contributed by atoms with van der Waals surface area (Å²) in [6.07, 6.45) is 7.37. The fraction of sp³-hybridized carbons (Fsp3) is 0.421. The van der Waals surface area contributed by atoms with Crippen molar-refractivity contribution in [1.29, 1.82) is 0 Å². The van der Waals surface area contributed by atoms with E-state index in [1.807, 2.05) is 0 Å². The van der Waals surface area contributed by atoms with Crippen molar-refractivity contribution < 1.29 is 4.79 Å². The number of nitrogens with one attached hydrogen (secondary N) is 1. The van der Waals surface area contributed by atoms with Crippen molar-refractivity contribution in [2.45, 2.75) is 42.1 Å². The largest absolute Gasteiger partial charge is 0.337 e. The molecule has 0 radical (unpaired) electrons. The van der Waals surface area contributed by atoms with Gasteiger partial charge in [0, 0.05) is 30.3 Å². The highest BCUT2D eigenvalue weighted by atomic mass is 32.2. The number of piperidine rings is 1. The highest BCUT2D eigenvalue weighted by molar-refractivity contribution is 7.99. The standard InChI is InChI=1S/C19H22N4OS2/c24-17(25)4-2-13-5-9-23(10-6-13)12-14-1-3-16-15(11-14)22-18-19(26-16)21-8-7-20-18/h1,3,7-8,11,13H,2,4-6,9-10,12H2,(H,20,22)(H,24,25). The summed E-state index contributed by atoms with van der Waals surface area (Å²) in [6.45, 7) is 3.16. The molecule has 4 rings (SSSR count). The summed E-state index contributed by atoms with van der Waals surface area (Å²) in [5, 5.41) is 4.34. The van der Waals surface area contributed by atoms with Gasteiger partial charge >= 0.3 is 0 Å². The first-order valence-electron chi connectivity index (χ1n) is 9.00. The Hall–Kier alpha value is -1.57. The Morgan fingerprint density at radius 1 is 1.27 bits per heavy atom. The number of nitrogens with zero attached hydrogens (tertiary/aromatic N) is 3. The number of likely N-dealkylation sites (tertiary alicyclic amines) is 1. The van der Waals surface area contributed by atoms with E-state index in [0.29, 0.717) is 12.3 Å². The zero-order valence-electron chi connectivity index (χ0n) is 14.5. The highest BCUT2D eigenvalue weighted by Crippen LogP contribution is 2.42. The van der Waals surface area contributed by atoms with Crippen molar-refractivity contribution in [3.63, 3.8) is 0 Å². The maximum atomic E-state index is 11.0. The quantitative estimate of drug-likeness (QED) is 0.643. The molecule has 3 heterocycles. The summed E-state index contributed by atoms with van der Waals surface area (Å²) in [5.41, 5.74) is 2.43. The lowest BCUT2D eigenvalue weighted by Crippen LogP contribution is -2.33. The molecule has 1 aromatic heterocycles. The number of aromatic nitrogens is 2. The monoisotopic (exact) mass is 386 g/mol. The van der Waals surface area contributed by atoms with Gasteiger partial charge in [-0.15, -0.1) is 12.6 Å². The van der Waals surface area contributed by atoms with Gasteiger partial charge in [0.25, 0.3) is 0 Å². The van der Waals surface area contributed by atoms with Crippen LogP contribution in [0.3, 0.4) is 0 Å². The van der Waals surface area contributed by atoms with Gasteiger partial charge in [-0.05, 0) is 56.0 Å². The van der Waals surface area contributed by atoms with Crippen LogP contribution < -0.4 is 5.32 Å². The smallest absolute Gasteiger partial charge is 0.185 e. The lowest BCUT2D eigenvalue weighted by atomic mass is 9.92. The molecule has 5 nitrogen and oxygen atoms in total. The molecule has 0 spiro atoms. The minimum Gasteiger partial charge on any atom is -0.337 e. The zero-order valence-corrected chi connectivity index (χ0v) is 16.2. The Bertz CT molecular complexity index is 806. The average Bonchev–Trinajstić information content (AvgIpc) is 2.66. The average molecular weight is 387 g/mol. The predicted octanol–water partition coefficient (Wildman–Crippen LogP) is 4.13. The molecule has 0 bridgehead atoms. The lowest BCUT2D eigenvalue weighted by Gasteiger charge is -2.32. The number of rotatable bonds is 5. The van der Waals surface area contributed by atoms with Gasteiger partial charge in [-0.1, -0.05) is 17.8 Å². The van der Waals surface area contributed by atoms with Gasteiger partial charge < -0.3 is 5.32 Å². The Morgan fingerprint density at radius 3 is 2.88 bits per heavy atom. The first-order chi connectivity index (χ1) is 12.7. The number of hydrogen-bond donors (Lipinski definition) is 2. The van der Waals surface area contributed by atoms with Gasteiger partial charge in [-0.25, -0.2) is 9.97 Å². The van der Waals surface area contributed by atoms with E-state index in [4.69, 9.17) is 0 Å². The summed E-state index contributed by atoms with van der Waals surface area (Å²) >= 11 is 5.54. The molecule has 2 aliphatic rings. The van der Waals surface area contributed by atoms with E-state index in [1.54, 1.807) is 24.2 Å². The third-order valence-electron chi connectivity index (χ3n) is 5.05. The Balaban J connectivity index is 1.35. The molecule has 1 N–H and O–H groups in total. The van der Waals surface area contributed by atoms with E-state index < -0.39 is 0 Å². The van der Waals surface area contributed by atoms with Gasteiger partial charge in [-0.3, -0.25) is 9.69 Å². The van der Waals surface area contributed by atoms with Crippen molar-refractivity contribution in [3.8, 4) is 0 Å². The maximum Gasteiger partial charge on any atom is 0.185 e. The minimum atomic E-state index is 0.0122. The number of carbonyl (C=O) groups excluding carboxylic acids is 1. The summed E-state index contributed by atoms with van der Waals surface area (Å²) in [5.74, 6) is 1.50. The molecular weight excluding hydrogens is 364 g/mol. The van der Waals surface area contributed by atoms with Crippen molar-refractivity contribution in [1.82, 2.24) is 14.9 Å². The molecule has 7 heteroatoms. The SMILES string of the molecule is O=C(S)CCC1CCN(Cc2ccc3c(c2)Nc2nccnc2S3)CC1. The minimum absolute atomic E-state index is 0.0122. The molecule has 0 saturated carbocycles. The Morgan fingerprint density at radius 2 is 2.08 bits per heavy atom. The number of fused-ring (bicyclic) bond motifs is 2. The Labute approximate surface area is 163 Å². The van der Waals surface area contributed by atoms with E-state index in [0.717, 1.165) is 42.6 Å². The Kier molecular flexibility index (Phi) is 5.47. The number of carbonyl (C=O) groups is 1. The molecule has 26 heavy (non-hydrogen) atoms. The van der Waals surface area contributed by atoms with Crippen LogP contribution in [0, 0.1) is 5.92 Å². The van der Waals surface area contributed by atoms with Crippen molar-refractivity contribution in [2.24, 2.45) is 5.92 Å². The van der Waals surface area contributed by atoms with Gasteiger partial charge in [0.1, 0.15) is 5.03 Å². The van der Waals surface area contributed by atoms with E-state index in [1.165, 1.54) is 23.3 Å². The van der Waals surface area contributed by atoms with Crippen molar-refractivity contribution in [3.05, 3.63) is 36.2 Å². The molecule has 136 valence electrons. The maximum absolute atomic E-state index is 11.0. The van der Waals surface area contributed by atoms with Crippen LogP contribution in [0.15, 0.2) is 40.5 Å². The normalized spacial score (nSPS) is 17.3. The van der Waals surface area contributed by atoms with Crippen LogP contribution in [0.2, 0.25) is 0 Å². The van der Waals surface area contributed by atoms with Crippen LogP contribution in [0.5, 0.6) is 0 Å². The van der Waals surface area contributed by atoms with Gasteiger partial charge in [0.15, 0.2) is 10.9 Å². The fourth-order valence-electron chi connectivity index (χ4n) is 3.60. The summed E-state index contributed by atoms with van der Waals surface area (Å²) in [7, 11) is 0. The molecule has 0 unspecified atom stereocenters. The lowest BCUT2D eigenvalue weighted by molar-refractivity contribution is -0.111. The second-order valence-corrected chi connectivity index (χ2v) is 8.45. The summed E-state index contributed by atoms with van der Waals surface area (Å²) in [6, 6.07) is 6.61. The van der Waals surface area contributed by atoms with E-state index in [-0.39, 0.29) is 5.12 Å². The zero-order chi connectivity index (χ0) is 17.9. The third kappa shape index (κ3) is 4.22. The second-order valence-electron chi connectivity index (χ2n) is 6.92. The van der Waals surface area contributed by atoms with E-state index in [9.17, 15) is 4.79 Å². The highest BCUT2D eigenvalue weighted by Gasteiger charge is 2.21. The summed E-state index contributed by atoms with van der Waals surface area (Å²) in [4.78, 5) is 23.5. The van der Waals surface area contributed by atoms with Crippen molar-refractivity contribution >= 4 is 41.0 Å². The molecule has 2 aromatic rings. The molecule has 1 fully saturated rings. The first kappa shape index (κ1) is 17.8. The topological polar surface area (TPSA) is 58.1 Å². The number of thiol groups is 1. The van der Waals surface area contributed by atoms with Crippen LogP contribution >= 0.6 is 24.4 Å². The van der Waals surface area contributed by atoms with Crippen LogP contribution in [-0.4, -0.2) is 33.1 Å². The second kappa shape index (κ2) is 7.98. The molecular formula is C19H22N4OS2. The first-order valence-corrected chi connectivity index (χ1v) is 10.3. The number of hydrogen-bond acceptors (Lipinski definition) is 6. The van der Waals surface area contributed by atoms with Crippen LogP contribution in [0.4, 0.5) is 11.5 Å². The molecule has 0 aliphatic carbocycles. The van der Waals surface area contributed by atoms with E-state index in [2.05, 4.69) is 51.0 Å². The van der Waals surface area contributed by atoms with Crippen LogP contribution in [0.25, 0.3) is 0 Å². The van der Waals surface area contributed by atoms with E-state index >= 15 is 0 Å². The molecule has 0 atom stereocenters. The van der Waals surface area contributed by atoms with Gasteiger partial charge in [0.2, 0.25) is 0 Å². The van der Waals surface area contributed by atoms with Gasteiger partial charge in [0.05, 0.1) is 5.69 Å². The number of benzene rings is 1. The van der Waals surface area contributed by atoms with Crippen LogP contribution in [-0.2, 0) is 11.3 Å². The molecule has 2 aliphatic heterocycles. The van der Waals surface area contributed by atoms with Crippen molar-refractivity contribution in [2.75, 3.05) is 18.4 Å². The molecule has 1 aromatic carbocycles. The van der Waals surface area contributed by atoms with Gasteiger partial charge in [-0.2, -0.15) is 0 Å². The molecule has 1 saturated heterocycles. The van der Waals surface area contributed by atoms with Crippen LogP contribution in [0.1, 0.15) is 31.2 Å². The fourth-order valence-corrected chi connectivity index (χ4v) is 4.61. The molecule has 0 amide bonds. The third-order valence-corrected chi connectivity index (χ3v) is 6.34. The predicted molar refractivity (Wildman–Crippen MR) is 107 cm³/mol.